The number of fused-ring (bicyclic) bond motifs is 2. The number of aliphatic imine (C=N–C) groups is 1. The van der Waals surface area contributed by atoms with E-state index in [0.717, 1.165) is 5.56 Å². The van der Waals surface area contributed by atoms with Gasteiger partial charge in [0.1, 0.15) is 18.1 Å². The molecule has 5 amide bonds. The van der Waals surface area contributed by atoms with Crippen LogP contribution in [0.5, 0.6) is 0 Å². The van der Waals surface area contributed by atoms with Gasteiger partial charge >= 0.3 is 0 Å². The fourth-order valence-corrected chi connectivity index (χ4v) is 4.82. The molecular weight excluding hydrogens is 582 g/mol. The summed E-state index contributed by atoms with van der Waals surface area (Å²) in [6.07, 6.45) is 4.12. The van der Waals surface area contributed by atoms with E-state index in [1.165, 1.54) is 0 Å². The topological polar surface area (TPSA) is 256 Å². The van der Waals surface area contributed by atoms with Gasteiger partial charge in [-0.15, -0.1) is 0 Å². The van der Waals surface area contributed by atoms with Gasteiger partial charge in [-0.2, -0.15) is 0 Å². The number of carbonyl (C=O) groups is 5. The number of hydrogen-bond donors (Lipinski definition) is 9. The molecule has 0 spiro atoms. The summed E-state index contributed by atoms with van der Waals surface area (Å²) in [5.74, 6) is -2.44. The van der Waals surface area contributed by atoms with Crippen LogP contribution in [0.2, 0.25) is 0 Å². The molecule has 0 radical (unpaired) electrons. The molecule has 250 valence electrons. The summed E-state index contributed by atoms with van der Waals surface area (Å²) in [6.45, 7) is 0.554. The molecule has 2 bridgehead atoms. The molecule has 0 aliphatic carbocycles. The van der Waals surface area contributed by atoms with Crippen LogP contribution in [-0.2, 0) is 36.9 Å². The second kappa shape index (κ2) is 20.7. The number of amides is 5. The predicted octanol–water partition coefficient (Wildman–Crippen LogP) is -1.84. The molecule has 1 aliphatic rings. The minimum atomic E-state index is -0.909. The molecule has 15 nitrogen and oxygen atoms in total. The second-order valence-corrected chi connectivity index (χ2v) is 11.0. The molecule has 0 saturated heterocycles. The van der Waals surface area contributed by atoms with Crippen molar-refractivity contribution in [2.24, 2.45) is 22.2 Å². The Labute approximate surface area is 263 Å². The highest BCUT2D eigenvalue weighted by molar-refractivity contribution is 5.92. The second-order valence-electron chi connectivity index (χ2n) is 11.0. The number of hydrogen-bond acceptors (Lipinski definition) is 8. The SMILES string of the molecule is NCCCC[C@@H]1NC(=O)[C@H](CCCCO)NC(=O)Cc2cccc(c2)CNC(=O)CNC(=O)[C@H](N=C(N)N)CCCCNC1=O. The van der Waals surface area contributed by atoms with Gasteiger partial charge < -0.3 is 48.9 Å². The zero-order valence-electron chi connectivity index (χ0n) is 25.8. The first kappa shape index (κ1) is 36.9. The van der Waals surface area contributed by atoms with E-state index >= 15 is 0 Å². The van der Waals surface area contributed by atoms with E-state index in [2.05, 4.69) is 31.6 Å². The quantitative estimate of drug-likeness (QED) is 0.0842. The van der Waals surface area contributed by atoms with Gasteiger partial charge in [-0.1, -0.05) is 24.3 Å². The Balaban J connectivity index is 2.27. The first-order chi connectivity index (χ1) is 21.6. The summed E-state index contributed by atoms with van der Waals surface area (Å²) in [6, 6.07) is 4.41. The molecule has 1 aromatic carbocycles. The maximum atomic E-state index is 13.4. The average Bonchev–Trinajstić information content (AvgIpc) is 3.00. The van der Waals surface area contributed by atoms with Gasteiger partial charge in [-0.3, -0.25) is 24.0 Å². The summed E-state index contributed by atoms with van der Waals surface area (Å²) in [5, 5.41) is 23.0. The molecular formula is C30H49N9O6. The molecule has 1 aliphatic heterocycles. The largest absolute Gasteiger partial charge is 0.396 e. The zero-order chi connectivity index (χ0) is 33.0. The Bertz CT molecular complexity index is 1160. The Hall–Kier alpha value is -4.24. The highest BCUT2D eigenvalue weighted by atomic mass is 16.3. The molecule has 15 heteroatoms. The van der Waals surface area contributed by atoms with E-state index in [0.29, 0.717) is 57.1 Å². The maximum Gasteiger partial charge on any atom is 0.245 e. The maximum absolute atomic E-state index is 13.4. The van der Waals surface area contributed by atoms with Crippen molar-refractivity contribution in [3.63, 3.8) is 0 Å². The number of rotatable bonds is 9. The lowest BCUT2D eigenvalue weighted by Crippen LogP contribution is -2.54. The first-order valence-corrected chi connectivity index (χ1v) is 15.5. The number of benzene rings is 1. The highest BCUT2D eigenvalue weighted by Crippen LogP contribution is 2.10. The van der Waals surface area contributed by atoms with Crippen LogP contribution < -0.4 is 43.8 Å². The van der Waals surface area contributed by atoms with Crippen molar-refractivity contribution in [2.75, 3.05) is 26.2 Å². The fourth-order valence-electron chi connectivity index (χ4n) is 4.82. The number of guanidine groups is 1. The number of aliphatic hydroxyl groups is 1. The van der Waals surface area contributed by atoms with E-state index in [-0.39, 0.29) is 63.3 Å². The van der Waals surface area contributed by atoms with Gasteiger partial charge in [0.2, 0.25) is 29.5 Å². The van der Waals surface area contributed by atoms with Crippen LogP contribution in [0.3, 0.4) is 0 Å². The third-order valence-electron chi connectivity index (χ3n) is 7.21. The number of carbonyl (C=O) groups excluding carboxylic acids is 5. The van der Waals surface area contributed by atoms with Crippen LogP contribution in [0.4, 0.5) is 0 Å². The Kier molecular flexibility index (Phi) is 17.0. The van der Waals surface area contributed by atoms with Crippen molar-refractivity contribution in [1.29, 1.82) is 0 Å². The molecule has 0 unspecified atom stereocenters. The molecule has 12 N–H and O–H groups in total. The van der Waals surface area contributed by atoms with E-state index < -0.39 is 35.8 Å². The van der Waals surface area contributed by atoms with Crippen molar-refractivity contribution in [2.45, 2.75) is 88.9 Å². The summed E-state index contributed by atoms with van der Waals surface area (Å²) >= 11 is 0. The minimum Gasteiger partial charge on any atom is -0.396 e. The smallest absolute Gasteiger partial charge is 0.245 e. The van der Waals surface area contributed by atoms with E-state index in [1.807, 2.05) is 0 Å². The molecule has 0 aromatic heterocycles. The van der Waals surface area contributed by atoms with E-state index in [9.17, 15) is 29.1 Å². The first-order valence-electron chi connectivity index (χ1n) is 15.5. The Morgan fingerprint density at radius 3 is 2.22 bits per heavy atom. The van der Waals surface area contributed by atoms with Crippen molar-refractivity contribution in [3.8, 4) is 0 Å². The third kappa shape index (κ3) is 14.9. The normalized spacial score (nSPS) is 21.4. The van der Waals surface area contributed by atoms with E-state index in [4.69, 9.17) is 17.2 Å². The van der Waals surface area contributed by atoms with Gasteiger partial charge in [0, 0.05) is 19.7 Å². The standard InChI is InChI=1S/C30H49N9O6/c31-13-4-1-10-22-27(43)34-14-5-2-11-23(39-30(32)33)28(44)36-19-26(42)35-18-21-9-7-8-20(16-21)17-25(41)37-24(29(45)38-22)12-3-6-15-40/h7-9,16,22-24,40H,1-6,10-15,17-19,31H2,(H,34,43)(H,35,42)(H,36,44)(H,37,41)(H,38,45)(H4,32,33,39)/t22-,23+,24-/m0/s1. The van der Waals surface area contributed by atoms with Gasteiger partial charge in [-0.05, 0) is 75.5 Å². The lowest BCUT2D eigenvalue weighted by Gasteiger charge is -2.23. The van der Waals surface area contributed by atoms with Crippen LogP contribution in [0.1, 0.15) is 68.9 Å². The summed E-state index contributed by atoms with van der Waals surface area (Å²) in [5.41, 5.74) is 18.1. The number of aliphatic hydroxyl groups excluding tert-OH is 1. The highest BCUT2D eigenvalue weighted by Gasteiger charge is 2.26. The predicted molar refractivity (Wildman–Crippen MR) is 169 cm³/mol. The molecule has 1 aromatic rings. The van der Waals surface area contributed by atoms with Gasteiger partial charge in [-0.25, -0.2) is 4.99 Å². The fraction of sp³-hybridized carbons (Fsp3) is 0.600. The lowest BCUT2D eigenvalue weighted by molar-refractivity contribution is -0.132. The monoisotopic (exact) mass is 631 g/mol. The average molecular weight is 632 g/mol. The summed E-state index contributed by atoms with van der Waals surface area (Å²) in [4.78, 5) is 68.7. The number of nitrogens with zero attached hydrogens (tertiary/aromatic N) is 1. The lowest BCUT2D eigenvalue weighted by atomic mass is 10.0. The Morgan fingerprint density at radius 2 is 1.51 bits per heavy atom. The minimum absolute atomic E-state index is 0.0196. The summed E-state index contributed by atoms with van der Waals surface area (Å²) in [7, 11) is 0. The number of nitrogens with two attached hydrogens (primary N) is 3. The van der Waals surface area contributed by atoms with Crippen LogP contribution in [0.25, 0.3) is 0 Å². The molecule has 2 rings (SSSR count). The Morgan fingerprint density at radius 1 is 0.800 bits per heavy atom. The van der Waals surface area contributed by atoms with Crippen LogP contribution >= 0.6 is 0 Å². The molecule has 45 heavy (non-hydrogen) atoms. The molecule has 3 atom stereocenters. The van der Waals surface area contributed by atoms with E-state index in [1.54, 1.807) is 24.3 Å². The molecule has 1 heterocycles. The van der Waals surface area contributed by atoms with Gasteiger partial charge in [0.15, 0.2) is 5.96 Å². The zero-order valence-corrected chi connectivity index (χ0v) is 25.8. The van der Waals surface area contributed by atoms with Crippen molar-refractivity contribution in [1.82, 2.24) is 26.6 Å². The van der Waals surface area contributed by atoms with Crippen LogP contribution in [0, 0.1) is 0 Å². The number of nitrogens with one attached hydrogen (secondary N) is 5. The number of unbranched alkanes of at least 4 members (excludes halogenated alkanes) is 2. The van der Waals surface area contributed by atoms with Crippen molar-refractivity contribution < 1.29 is 29.1 Å². The van der Waals surface area contributed by atoms with Gasteiger partial charge in [0.25, 0.3) is 0 Å². The van der Waals surface area contributed by atoms with Crippen LogP contribution in [-0.4, -0.2) is 85.0 Å². The third-order valence-corrected chi connectivity index (χ3v) is 7.21. The van der Waals surface area contributed by atoms with Gasteiger partial charge in [0.05, 0.1) is 13.0 Å². The van der Waals surface area contributed by atoms with Crippen LogP contribution in [0.15, 0.2) is 29.3 Å². The molecule has 0 saturated carbocycles. The summed E-state index contributed by atoms with van der Waals surface area (Å²) < 4.78 is 0. The van der Waals surface area contributed by atoms with Crippen molar-refractivity contribution in [3.05, 3.63) is 35.4 Å². The molecule has 0 fully saturated rings. The van der Waals surface area contributed by atoms with Crippen molar-refractivity contribution >= 4 is 35.5 Å².